The summed E-state index contributed by atoms with van der Waals surface area (Å²) in [7, 11) is 1.66. The van der Waals surface area contributed by atoms with Crippen molar-refractivity contribution in [1.82, 2.24) is 14.8 Å². The van der Waals surface area contributed by atoms with E-state index in [9.17, 15) is 13.6 Å². The Bertz CT molecular complexity index is 925. The van der Waals surface area contributed by atoms with Crippen molar-refractivity contribution in [2.24, 2.45) is 7.05 Å². The number of alkyl halides is 2. The lowest BCUT2D eigenvalue weighted by molar-refractivity contribution is 0.0719. The maximum absolute atomic E-state index is 12.4. The minimum Gasteiger partial charge on any atom is -0.487 e. The highest BCUT2D eigenvalue weighted by molar-refractivity contribution is 5.97. The van der Waals surface area contributed by atoms with Crippen LogP contribution in [0.2, 0.25) is 0 Å². The Balaban J connectivity index is 1.90. The average molecular weight is 347 g/mol. The highest BCUT2D eigenvalue weighted by atomic mass is 19.3. The van der Waals surface area contributed by atoms with E-state index in [1.165, 1.54) is 23.0 Å². The number of pyridine rings is 1. The number of fused-ring (bicyclic) bond motifs is 1. The third-order valence-electron chi connectivity index (χ3n) is 3.46. The van der Waals surface area contributed by atoms with Crippen molar-refractivity contribution in [2.45, 2.75) is 13.3 Å². The lowest BCUT2D eigenvalue weighted by atomic mass is 10.1. The standard InChI is InChI=1S/C17H15F2N3O3/c1-10-7-16(22(2)21-10)25-17(23)11-3-4-13-12(8-11)14(5-6-20-13)24-9-15(18)19/h3-8,15H,9H2,1-2H3. The molecule has 0 saturated heterocycles. The van der Waals surface area contributed by atoms with Crippen LogP contribution in [0.3, 0.4) is 0 Å². The second kappa shape index (κ2) is 6.84. The van der Waals surface area contributed by atoms with Crippen LogP contribution in [0.4, 0.5) is 8.78 Å². The van der Waals surface area contributed by atoms with E-state index in [-0.39, 0.29) is 11.3 Å². The molecule has 2 heterocycles. The van der Waals surface area contributed by atoms with Gasteiger partial charge in [0.25, 0.3) is 6.43 Å². The van der Waals surface area contributed by atoms with E-state index in [0.717, 1.165) is 5.69 Å². The van der Waals surface area contributed by atoms with Crippen molar-refractivity contribution in [3.63, 3.8) is 0 Å². The molecule has 3 rings (SSSR count). The van der Waals surface area contributed by atoms with Crippen molar-refractivity contribution in [1.29, 1.82) is 0 Å². The first kappa shape index (κ1) is 16.8. The Hall–Kier alpha value is -3.03. The molecule has 8 heteroatoms. The highest BCUT2D eigenvalue weighted by Gasteiger charge is 2.15. The SMILES string of the molecule is Cc1cc(OC(=O)c2ccc3nccc(OCC(F)F)c3c2)n(C)n1. The summed E-state index contributed by atoms with van der Waals surface area (Å²) < 4.78 is 36.6. The first-order valence-corrected chi connectivity index (χ1v) is 7.46. The number of esters is 1. The summed E-state index contributed by atoms with van der Waals surface area (Å²) in [5.74, 6) is -0.0483. The van der Waals surface area contributed by atoms with Crippen LogP contribution >= 0.6 is 0 Å². The monoisotopic (exact) mass is 347 g/mol. The smallest absolute Gasteiger partial charge is 0.344 e. The van der Waals surface area contributed by atoms with E-state index in [4.69, 9.17) is 9.47 Å². The van der Waals surface area contributed by atoms with E-state index in [0.29, 0.717) is 16.8 Å². The normalized spacial score (nSPS) is 11.1. The number of aromatic nitrogens is 3. The first-order chi connectivity index (χ1) is 11.9. The van der Waals surface area contributed by atoms with Gasteiger partial charge in [0.2, 0.25) is 5.88 Å². The number of carbonyl (C=O) groups excluding carboxylic acids is 1. The van der Waals surface area contributed by atoms with Crippen LogP contribution < -0.4 is 9.47 Å². The Morgan fingerprint density at radius 2 is 2.08 bits per heavy atom. The van der Waals surface area contributed by atoms with Gasteiger partial charge in [-0.15, -0.1) is 0 Å². The zero-order valence-corrected chi connectivity index (χ0v) is 13.6. The van der Waals surface area contributed by atoms with Gasteiger partial charge in [0.05, 0.1) is 16.8 Å². The molecule has 0 bridgehead atoms. The fraction of sp³-hybridized carbons (Fsp3) is 0.235. The molecule has 0 unspecified atom stereocenters. The predicted octanol–water partition coefficient (Wildman–Crippen LogP) is 3.14. The molecule has 0 N–H and O–H groups in total. The van der Waals surface area contributed by atoms with Crippen LogP contribution in [0.25, 0.3) is 10.9 Å². The molecule has 0 aliphatic rings. The number of benzene rings is 1. The third-order valence-corrected chi connectivity index (χ3v) is 3.46. The fourth-order valence-electron chi connectivity index (χ4n) is 2.36. The van der Waals surface area contributed by atoms with Crippen molar-refractivity contribution in [3.05, 3.63) is 47.8 Å². The van der Waals surface area contributed by atoms with Gasteiger partial charge in [-0.25, -0.2) is 18.3 Å². The Morgan fingerprint density at radius 3 is 2.76 bits per heavy atom. The zero-order valence-electron chi connectivity index (χ0n) is 13.6. The lowest BCUT2D eigenvalue weighted by Crippen LogP contribution is -2.11. The molecule has 6 nitrogen and oxygen atoms in total. The lowest BCUT2D eigenvalue weighted by Gasteiger charge is -2.10. The number of ether oxygens (including phenoxy) is 2. The van der Waals surface area contributed by atoms with Crippen LogP contribution in [0.15, 0.2) is 36.5 Å². The number of rotatable bonds is 5. The molecule has 0 amide bonds. The van der Waals surface area contributed by atoms with Crippen LogP contribution in [-0.2, 0) is 7.05 Å². The maximum atomic E-state index is 12.4. The molecule has 2 aromatic heterocycles. The molecule has 130 valence electrons. The summed E-state index contributed by atoms with van der Waals surface area (Å²) in [4.78, 5) is 16.5. The molecule has 0 radical (unpaired) electrons. The minimum atomic E-state index is -2.59. The zero-order chi connectivity index (χ0) is 18.0. The van der Waals surface area contributed by atoms with Gasteiger partial charge >= 0.3 is 5.97 Å². The Kier molecular flexibility index (Phi) is 4.60. The quantitative estimate of drug-likeness (QED) is 0.664. The summed E-state index contributed by atoms with van der Waals surface area (Å²) in [6.45, 7) is 1.05. The molecule has 0 saturated carbocycles. The van der Waals surface area contributed by atoms with Gasteiger partial charge in [-0.2, -0.15) is 5.10 Å². The van der Waals surface area contributed by atoms with Crippen molar-refractivity contribution < 1.29 is 23.0 Å². The molecule has 0 atom stereocenters. The molecular weight excluding hydrogens is 332 g/mol. The van der Waals surface area contributed by atoms with Gasteiger partial charge in [0.1, 0.15) is 12.4 Å². The van der Waals surface area contributed by atoms with Gasteiger partial charge in [0, 0.05) is 24.7 Å². The number of nitrogens with zero attached hydrogens (tertiary/aromatic N) is 3. The van der Waals surface area contributed by atoms with Gasteiger partial charge in [-0.1, -0.05) is 0 Å². The summed E-state index contributed by atoms with van der Waals surface area (Å²) >= 11 is 0. The van der Waals surface area contributed by atoms with E-state index < -0.39 is 19.0 Å². The molecule has 25 heavy (non-hydrogen) atoms. The highest BCUT2D eigenvalue weighted by Crippen LogP contribution is 2.26. The molecule has 0 spiro atoms. The van der Waals surface area contributed by atoms with Gasteiger partial charge in [0.15, 0.2) is 0 Å². The molecule has 1 aromatic carbocycles. The van der Waals surface area contributed by atoms with Crippen molar-refractivity contribution in [2.75, 3.05) is 6.61 Å². The molecule has 0 fully saturated rings. The predicted molar refractivity (Wildman–Crippen MR) is 86.1 cm³/mol. The summed E-state index contributed by atoms with van der Waals surface area (Å²) in [6, 6.07) is 7.78. The molecular formula is C17H15F2N3O3. The minimum absolute atomic E-state index is 0.233. The number of hydrogen-bond donors (Lipinski definition) is 0. The summed E-state index contributed by atoms with van der Waals surface area (Å²) in [5.41, 5.74) is 1.50. The summed E-state index contributed by atoms with van der Waals surface area (Å²) in [6.07, 6.45) is -1.14. The molecule has 3 aromatic rings. The number of hydrogen-bond acceptors (Lipinski definition) is 5. The van der Waals surface area contributed by atoms with Crippen LogP contribution in [-0.4, -0.2) is 33.8 Å². The van der Waals surface area contributed by atoms with Crippen LogP contribution in [0.1, 0.15) is 16.1 Å². The van der Waals surface area contributed by atoms with Crippen LogP contribution in [0.5, 0.6) is 11.6 Å². The average Bonchev–Trinajstić information content (AvgIpc) is 2.89. The second-order valence-corrected chi connectivity index (χ2v) is 5.38. The largest absolute Gasteiger partial charge is 0.487 e. The van der Waals surface area contributed by atoms with Gasteiger partial charge in [-0.3, -0.25) is 4.98 Å². The van der Waals surface area contributed by atoms with Crippen molar-refractivity contribution >= 4 is 16.9 Å². The fourth-order valence-corrected chi connectivity index (χ4v) is 2.36. The summed E-state index contributed by atoms with van der Waals surface area (Å²) in [5, 5.41) is 4.56. The Labute approximate surface area is 142 Å². The second-order valence-electron chi connectivity index (χ2n) is 5.38. The third kappa shape index (κ3) is 3.73. The van der Waals surface area contributed by atoms with E-state index in [1.54, 1.807) is 32.2 Å². The van der Waals surface area contributed by atoms with E-state index in [2.05, 4.69) is 10.1 Å². The van der Waals surface area contributed by atoms with Gasteiger partial charge < -0.3 is 9.47 Å². The van der Waals surface area contributed by atoms with Crippen LogP contribution in [0, 0.1) is 6.92 Å². The topological polar surface area (TPSA) is 66.2 Å². The van der Waals surface area contributed by atoms with E-state index >= 15 is 0 Å². The number of aryl methyl sites for hydroxylation is 2. The molecule has 0 aliphatic heterocycles. The molecule has 0 aliphatic carbocycles. The van der Waals surface area contributed by atoms with E-state index in [1.807, 2.05) is 0 Å². The first-order valence-electron chi connectivity index (χ1n) is 7.46. The van der Waals surface area contributed by atoms with Gasteiger partial charge in [-0.05, 0) is 31.2 Å². The number of halogens is 2. The number of carbonyl (C=O) groups is 1. The van der Waals surface area contributed by atoms with Crippen molar-refractivity contribution in [3.8, 4) is 11.6 Å². The maximum Gasteiger partial charge on any atom is 0.344 e. The Morgan fingerprint density at radius 1 is 1.28 bits per heavy atom.